The number of aryl methyl sites for hydroxylation is 1. The minimum absolute atomic E-state index is 0.114. The first-order valence-corrected chi connectivity index (χ1v) is 10.2. The van der Waals surface area contributed by atoms with Crippen molar-refractivity contribution >= 4 is 44.9 Å². The van der Waals surface area contributed by atoms with Gasteiger partial charge >= 0.3 is 0 Å². The van der Waals surface area contributed by atoms with E-state index in [4.69, 9.17) is 0 Å². The lowest BCUT2D eigenvalue weighted by atomic mass is 10.1. The summed E-state index contributed by atoms with van der Waals surface area (Å²) in [5.74, 6) is 0.496. The molecule has 1 amide bonds. The summed E-state index contributed by atoms with van der Waals surface area (Å²) in [6.07, 6.45) is 1.42. The molecule has 0 aliphatic carbocycles. The molecule has 148 valence electrons. The van der Waals surface area contributed by atoms with Crippen LogP contribution in [0, 0.1) is 6.92 Å². The lowest BCUT2D eigenvalue weighted by molar-refractivity contribution is -0.116. The molecule has 0 saturated carbocycles. The van der Waals surface area contributed by atoms with Crippen LogP contribution in [-0.2, 0) is 11.3 Å². The summed E-state index contributed by atoms with van der Waals surface area (Å²) in [5.41, 5.74) is 3.63. The number of aromatic nitrogens is 4. The number of hydrogen-bond donors (Lipinski definition) is 2. The summed E-state index contributed by atoms with van der Waals surface area (Å²) >= 11 is 1.61. The Morgan fingerprint density at radius 3 is 2.93 bits per heavy atom. The van der Waals surface area contributed by atoms with E-state index >= 15 is 0 Å². The van der Waals surface area contributed by atoms with Gasteiger partial charge in [-0.15, -0.1) is 11.3 Å². The summed E-state index contributed by atoms with van der Waals surface area (Å²) in [6, 6.07) is 14.9. The topological polar surface area (TPSA) is 92.7 Å². The number of hydrogen-bond acceptors (Lipinski definition) is 5. The molecule has 0 atom stereocenters. The molecule has 8 heteroatoms. The van der Waals surface area contributed by atoms with Crippen LogP contribution in [0.1, 0.15) is 5.56 Å². The molecule has 30 heavy (non-hydrogen) atoms. The monoisotopic (exact) mass is 415 g/mol. The number of carbonyl (C=O) groups is 1. The highest BCUT2D eigenvalue weighted by molar-refractivity contribution is 7.13. The third-order valence-electron chi connectivity index (χ3n) is 4.89. The van der Waals surface area contributed by atoms with Gasteiger partial charge in [0.1, 0.15) is 12.4 Å². The number of benzene rings is 2. The Labute approximate surface area is 175 Å². The standard InChI is InChI=1S/C22H17N5O2S/c1-13-4-2-5-15-20(13)23-12-27(22(15)29)11-19(28)24-14-7-8-16-17(10-14)26-21(25-16)18-6-3-9-30-18/h2-10,12H,11H2,1H3,(H,24,28)(H,25,26). The highest BCUT2D eigenvalue weighted by Crippen LogP contribution is 2.26. The molecule has 0 unspecified atom stereocenters. The first-order valence-electron chi connectivity index (χ1n) is 9.37. The molecule has 2 N–H and O–H groups in total. The number of thiophene rings is 1. The zero-order valence-electron chi connectivity index (χ0n) is 16.0. The maximum Gasteiger partial charge on any atom is 0.261 e. The van der Waals surface area contributed by atoms with Crippen LogP contribution in [0.5, 0.6) is 0 Å². The van der Waals surface area contributed by atoms with Crippen molar-refractivity contribution in [1.29, 1.82) is 0 Å². The molecule has 3 aromatic heterocycles. The molecule has 0 radical (unpaired) electrons. The van der Waals surface area contributed by atoms with E-state index in [-0.39, 0.29) is 18.0 Å². The summed E-state index contributed by atoms with van der Waals surface area (Å²) in [6.45, 7) is 1.79. The van der Waals surface area contributed by atoms with E-state index in [1.54, 1.807) is 23.5 Å². The number of fused-ring (bicyclic) bond motifs is 2. The highest BCUT2D eigenvalue weighted by Gasteiger charge is 2.11. The number of carbonyl (C=O) groups excluding carboxylic acids is 1. The summed E-state index contributed by atoms with van der Waals surface area (Å²) in [4.78, 5) is 38.5. The van der Waals surface area contributed by atoms with E-state index in [1.807, 2.05) is 48.7 Å². The van der Waals surface area contributed by atoms with Crippen LogP contribution in [0.3, 0.4) is 0 Å². The van der Waals surface area contributed by atoms with Crippen molar-refractivity contribution in [2.24, 2.45) is 0 Å². The molecular formula is C22H17N5O2S. The average Bonchev–Trinajstić information content (AvgIpc) is 3.40. The second-order valence-electron chi connectivity index (χ2n) is 6.99. The number of anilines is 1. The Balaban J connectivity index is 1.38. The van der Waals surface area contributed by atoms with Crippen LogP contribution in [0.25, 0.3) is 32.6 Å². The van der Waals surface area contributed by atoms with Gasteiger partial charge in [0, 0.05) is 5.69 Å². The van der Waals surface area contributed by atoms with Crippen LogP contribution < -0.4 is 10.9 Å². The number of amides is 1. The molecule has 0 fully saturated rings. The Kier molecular flexibility index (Phi) is 4.40. The second-order valence-corrected chi connectivity index (χ2v) is 7.94. The smallest absolute Gasteiger partial charge is 0.261 e. The van der Waals surface area contributed by atoms with Gasteiger partial charge in [-0.25, -0.2) is 9.97 Å². The Bertz CT molecular complexity index is 1450. The average molecular weight is 415 g/mol. The molecule has 5 rings (SSSR count). The molecular weight excluding hydrogens is 398 g/mol. The van der Waals surface area contributed by atoms with Crippen LogP contribution in [-0.4, -0.2) is 25.4 Å². The van der Waals surface area contributed by atoms with Crippen molar-refractivity contribution in [1.82, 2.24) is 19.5 Å². The lowest BCUT2D eigenvalue weighted by Crippen LogP contribution is -2.28. The molecule has 5 aromatic rings. The molecule has 2 aromatic carbocycles. The van der Waals surface area contributed by atoms with Crippen LogP contribution in [0.15, 0.2) is 65.0 Å². The van der Waals surface area contributed by atoms with Crippen molar-refractivity contribution in [2.75, 3.05) is 5.32 Å². The Hall–Kier alpha value is -3.78. The van der Waals surface area contributed by atoms with E-state index < -0.39 is 0 Å². The fraction of sp³-hybridized carbons (Fsp3) is 0.0909. The molecule has 0 aliphatic heterocycles. The third kappa shape index (κ3) is 3.27. The fourth-order valence-corrected chi connectivity index (χ4v) is 4.09. The van der Waals surface area contributed by atoms with E-state index in [2.05, 4.69) is 20.3 Å². The number of nitrogens with one attached hydrogen (secondary N) is 2. The number of imidazole rings is 1. The van der Waals surface area contributed by atoms with E-state index in [9.17, 15) is 9.59 Å². The summed E-state index contributed by atoms with van der Waals surface area (Å²) < 4.78 is 1.32. The summed E-state index contributed by atoms with van der Waals surface area (Å²) in [7, 11) is 0. The minimum atomic E-state index is -0.303. The van der Waals surface area contributed by atoms with Gasteiger partial charge in [-0.1, -0.05) is 18.2 Å². The zero-order valence-corrected chi connectivity index (χ0v) is 16.9. The minimum Gasteiger partial charge on any atom is -0.337 e. The first kappa shape index (κ1) is 18.3. The molecule has 0 aliphatic rings. The molecule has 3 heterocycles. The van der Waals surface area contributed by atoms with Crippen molar-refractivity contribution in [3.8, 4) is 10.7 Å². The summed E-state index contributed by atoms with van der Waals surface area (Å²) in [5, 5.41) is 5.35. The van der Waals surface area contributed by atoms with Gasteiger partial charge in [0.2, 0.25) is 5.91 Å². The van der Waals surface area contributed by atoms with Crippen molar-refractivity contribution in [2.45, 2.75) is 13.5 Å². The fourth-order valence-electron chi connectivity index (χ4n) is 3.42. The molecule has 0 saturated heterocycles. The van der Waals surface area contributed by atoms with Crippen LogP contribution in [0.2, 0.25) is 0 Å². The number of para-hydroxylation sites is 1. The maximum absolute atomic E-state index is 12.7. The number of rotatable bonds is 4. The van der Waals surface area contributed by atoms with Crippen molar-refractivity contribution in [3.63, 3.8) is 0 Å². The van der Waals surface area contributed by atoms with E-state index in [1.165, 1.54) is 10.9 Å². The van der Waals surface area contributed by atoms with Gasteiger partial charge in [-0.05, 0) is 48.2 Å². The van der Waals surface area contributed by atoms with E-state index in [0.717, 1.165) is 27.3 Å². The largest absolute Gasteiger partial charge is 0.337 e. The van der Waals surface area contributed by atoms with Crippen molar-refractivity contribution < 1.29 is 4.79 Å². The molecule has 0 bridgehead atoms. The quantitative estimate of drug-likeness (QED) is 0.465. The zero-order chi connectivity index (χ0) is 20.7. The normalized spacial score (nSPS) is 11.2. The van der Waals surface area contributed by atoms with Gasteiger partial charge in [-0.3, -0.25) is 14.2 Å². The molecule has 0 spiro atoms. The number of nitrogens with zero attached hydrogens (tertiary/aromatic N) is 3. The van der Waals surface area contributed by atoms with Gasteiger partial charge in [-0.2, -0.15) is 0 Å². The number of H-pyrrole nitrogens is 1. The van der Waals surface area contributed by atoms with Crippen LogP contribution >= 0.6 is 11.3 Å². The Morgan fingerprint density at radius 2 is 2.10 bits per heavy atom. The SMILES string of the molecule is Cc1cccc2c(=O)n(CC(=O)Nc3ccc4nc(-c5cccs5)[nH]c4c3)cnc12. The van der Waals surface area contributed by atoms with E-state index in [0.29, 0.717) is 16.6 Å². The van der Waals surface area contributed by atoms with Crippen molar-refractivity contribution in [3.05, 3.63) is 76.2 Å². The first-order chi connectivity index (χ1) is 14.6. The maximum atomic E-state index is 12.7. The van der Waals surface area contributed by atoms with Gasteiger partial charge in [0.05, 0.1) is 33.1 Å². The third-order valence-corrected chi connectivity index (χ3v) is 5.77. The second kappa shape index (κ2) is 7.23. The van der Waals surface area contributed by atoms with Gasteiger partial charge in [0.25, 0.3) is 5.56 Å². The Morgan fingerprint density at radius 1 is 1.20 bits per heavy atom. The van der Waals surface area contributed by atoms with Gasteiger partial charge < -0.3 is 10.3 Å². The lowest BCUT2D eigenvalue weighted by Gasteiger charge is -2.09. The van der Waals surface area contributed by atoms with Gasteiger partial charge in [0.15, 0.2) is 0 Å². The van der Waals surface area contributed by atoms with Crippen LogP contribution in [0.4, 0.5) is 5.69 Å². The molecule has 7 nitrogen and oxygen atoms in total. The highest BCUT2D eigenvalue weighted by atomic mass is 32.1. The number of aromatic amines is 1. The predicted molar refractivity (Wildman–Crippen MR) is 119 cm³/mol. The predicted octanol–water partition coefficient (Wildman–Crippen LogP) is 3.95.